The number of imidazole rings is 1. The quantitative estimate of drug-likeness (QED) is 0.281. The van der Waals surface area contributed by atoms with Crippen molar-refractivity contribution in [2.24, 2.45) is 0 Å². The van der Waals surface area contributed by atoms with Crippen molar-refractivity contribution >= 4 is 32.6 Å². The van der Waals surface area contributed by atoms with Crippen LogP contribution in [0.15, 0.2) is 12.7 Å². The molecule has 3 rings (SSSR count). The predicted molar refractivity (Wildman–Crippen MR) is 84.6 cm³/mol. The lowest BCUT2D eigenvalue weighted by Crippen LogP contribution is -2.33. The Morgan fingerprint density at radius 1 is 1.19 bits per heavy atom. The molecule has 1 fully saturated rings. The molecule has 0 spiro atoms. The number of phosphoric acid groups is 2. The topological polar surface area (TPSA) is 233 Å². The van der Waals surface area contributed by atoms with Crippen molar-refractivity contribution in [2.75, 3.05) is 12.3 Å². The molecular weight excluding hydrogens is 412 g/mol. The number of phosphoric ester groups is 1. The van der Waals surface area contributed by atoms with Crippen LogP contribution in [0.25, 0.3) is 11.2 Å². The summed E-state index contributed by atoms with van der Waals surface area (Å²) in [4.78, 5) is 38.1. The summed E-state index contributed by atoms with van der Waals surface area (Å²) in [6, 6.07) is 0. The number of anilines is 1. The maximum Gasteiger partial charge on any atom is 0.481 e. The van der Waals surface area contributed by atoms with Crippen molar-refractivity contribution in [1.82, 2.24) is 19.5 Å². The fraction of sp³-hybridized carbons (Fsp3) is 0.500. The van der Waals surface area contributed by atoms with E-state index in [4.69, 9.17) is 20.3 Å². The molecule has 0 amide bonds. The van der Waals surface area contributed by atoms with Gasteiger partial charge in [0, 0.05) is 0 Å². The SMILES string of the molecule is Nc1ncnc2c1ncn2[C@@H]1O[C@@H](COP(=O)(O)OP(=O)(O)O)[C@@H](O)[C@@H]1O. The van der Waals surface area contributed by atoms with Crippen molar-refractivity contribution in [3.8, 4) is 0 Å². The van der Waals surface area contributed by atoms with Gasteiger partial charge in [0.05, 0.1) is 12.9 Å². The van der Waals surface area contributed by atoms with Gasteiger partial charge in [-0.1, -0.05) is 0 Å². The van der Waals surface area contributed by atoms with Gasteiger partial charge < -0.3 is 35.4 Å². The first-order chi connectivity index (χ1) is 12.5. The van der Waals surface area contributed by atoms with Crippen LogP contribution in [-0.2, 0) is 22.7 Å². The number of aliphatic hydroxyl groups excluding tert-OH is 2. The molecule has 1 unspecified atom stereocenters. The molecule has 5 atom stereocenters. The molecule has 7 N–H and O–H groups in total. The maximum atomic E-state index is 11.5. The van der Waals surface area contributed by atoms with Crippen LogP contribution in [0, 0.1) is 0 Å². The number of hydrogen-bond donors (Lipinski definition) is 6. The highest BCUT2D eigenvalue weighted by molar-refractivity contribution is 7.60. The fourth-order valence-corrected chi connectivity index (χ4v) is 4.08. The third kappa shape index (κ3) is 4.33. The summed E-state index contributed by atoms with van der Waals surface area (Å²) in [6.07, 6.45) is -3.20. The summed E-state index contributed by atoms with van der Waals surface area (Å²) in [5.74, 6) is 0.0856. The number of nitrogens with two attached hydrogens (primary N) is 1. The van der Waals surface area contributed by atoms with E-state index in [2.05, 4.69) is 23.8 Å². The van der Waals surface area contributed by atoms with Gasteiger partial charge in [-0.2, -0.15) is 4.31 Å². The Hall–Kier alpha value is -1.51. The monoisotopic (exact) mass is 427 g/mol. The fourth-order valence-electron chi connectivity index (χ4n) is 2.48. The molecule has 17 heteroatoms. The zero-order chi connectivity index (χ0) is 20.0. The molecule has 2 aromatic heterocycles. The summed E-state index contributed by atoms with van der Waals surface area (Å²) < 4.78 is 36.8. The van der Waals surface area contributed by atoms with Crippen LogP contribution in [-0.4, -0.2) is 69.3 Å². The molecule has 3 heterocycles. The average Bonchev–Trinajstić information content (AvgIpc) is 3.07. The second kappa shape index (κ2) is 7.14. The molecular formula is C10H15N5O10P2. The van der Waals surface area contributed by atoms with Gasteiger partial charge in [0.1, 0.15) is 30.2 Å². The Balaban J connectivity index is 1.75. The Kier molecular flexibility index (Phi) is 5.35. The summed E-state index contributed by atoms with van der Waals surface area (Å²) in [5.41, 5.74) is 6.11. The minimum atomic E-state index is -5.29. The lowest BCUT2D eigenvalue weighted by Gasteiger charge is -2.17. The zero-order valence-corrected chi connectivity index (χ0v) is 15.0. The van der Waals surface area contributed by atoms with Crippen LogP contribution in [0.1, 0.15) is 6.23 Å². The minimum Gasteiger partial charge on any atom is -0.387 e. The molecule has 0 aromatic carbocycles. The Bertz CT molecular complexity index is 932. The van der Waals surface area contributed by atoms with Gasteiger partial charge in [0.15, 0.2) is 17.7 Å². The number of nitrogens with zero attached hydrogens (tertiary/aromatic N) is 4. The van der Waals surface area contributed by atoms with Gasteiger partial charge in [-0.3, -0.25) is 9.09 Å². The number of ether oxygens (including phenoxy) is 1. The zero-order valence-electron chi connectivity index (χ0n) is 13.2. The maximum absolute atomic E-state index is 11.5. The first kappa shape index (κ1) is 20.2. The first-order valence-electron chi connectivity index (χ1n) is 7.17. The smallest absolute Gasteiger partial charge is 0.387 e. The van der Waals surface area contributed by atoms with Gasteiger partial charge in [-0.25, -0.2) is 24.1 Å². The van der Waals surface area contributed by atoms with E-state index in [0.717, 1.165) is 6.33 Å². The average molecular weight is 427 g/mol. The molecule has 0 aliphatic carbocycles. The molecule has 0 saturated carbocycles. The second-order valence-electron chi connectivity index (χ2n) is 5.47. The second-order valence-corrected chi connectivity index (χ2v) is 8.30. The number of fused-ring (bicyclic) bond motifs is 1. The third-order valence-electron chi connectivity index (χ3n) is 3.61. The molecule has 0 radical (unpaired) electrons. The molecule has 1 aliphatic heterocycles. The van der Waals surface area contributed by atoms with E-state index in [1.165, 1.54) is 10.9 Å². The molecule has 1 aliphatic rings. The van der Waals surface area contributed by atoms with Crippen molar-refractivity contribution < 1.29 is 47.6 Å². The highest BCUT2D eigenvalue weighted by Gasteiger charge is 2.46. The van der Waals surface area contributed by atoms with E-state index in [1.807, 2.05) is 0 Å². The van der Waals surface area contributed by atoms with Crippen LogP contribution in [0.5, 0.6) is 0 Å². The molecule has 15 nitrogen and oxygen atoms in total. The lowest BCUT2D eigenvalue weighted by atomic mass is 10.1. The van der Waals surface area contributed by atoms with Crippen molar-refractivity contribution in [2.45, 2.75) is 24.5 Å². The highest BCUT2D eigenvalue weighted by atomic mass is 31.3. The number of aromatic nitrogens is 4. The van der Waals surface area contributed by atoms with Crippen LogP contribution in [0.2, 0.25) is 0 Å². The summed E-state index contributed by atoms with van der Waals surface area (Å²) in [7, 11) is -10.4. The third-order valence-corrected chi connectivity index (χ3v) is 5.76. The normalized spacial score (nSPS) is 28.5. The highest BCUT2D eigenvalue weighted by Crippen LogP contribution is 2.57. The largest absolute Gasteiger partial charge is 0.481 e. The van der Waals surface area contributed by atoms with Crippen LogP contribution in [0.4, 0.5) is 5.82 Å². The summed E-state index contributed by atoms with van der Waals surface area (Å²) in [6.45, 7) is -0.813. The number of hydrogen-bond acceptors (Lipinski definition) is 11. The summed E-state index contributed by atoms with van der Waals surface area (Å²) >= 11 is 0. The molecule has 2 aromatic rings. The van der Waals surface area contributed by atoms with Gasteiger partial charge >= 0.3 is 15.6 Å². The van der Waals surface area contributed by atoms with Crippen molar-refractivity contribution in [3.63, 3.8) is 0 Å². The molecule has 27 heavy (non-hydrogen) atoms. The van der Waals surface area contributed by atoms with Gasteiger partial charge in [-0.15, -0.1) is 0 Å². The van der Waals surface area contributed by atoms with Gasteiger partial charge in [0.2, 0.25) is 0 Å². The number of nitrogen functional groups attached to an aromatic ring is 1. The summed E-state index contributed by atoms with van der Waals surface area (Å²) in [5, 5.41) is 20.3. The molecule has 150 valence electrons. The number of aliphatic hydroxyl groups is 2. The van der Waals surface area contributed by atoms with E-state index in [9.17, 15) is 24.2 Å². The van der Waals surface area contributed by atoms with E-state index < -0.39 is 46.8 Å². The Morgan fingerprint density at radius 3 is 2.56 bits per heavy atom. The van der Waals surface area contributed by atoms with E-state index in [-0.39, 0.29) is 17.0 Å². The van der Waals surface area contributed by atoms with Crippen molar-refractivity contribution in [3.05, 3.63) is 12.7 Å². The van der Waals surface area contributed by atoms with Crippen molar-refractivity contribution in [1.29, 1.82) is 0 Å². The van der Waals surface area contributed by atoms with Crippen LogP contribution < -0.4 is 5.73 Å². The molecule has 0 bridgehead atoms. The lowest BCUT2D eigenvalue weighted by molar-refractivity contribution is -0.0503. The predicted octanol–water partition coefficient (Wildman–Crippen LogP) is -1.75. The Labute approximate surface area is 150 Å². The van der Waals surface area contributed by atoms with E-state index >= 15 is 0 Å². The van der Waals surface area contributed by atoms with E-state index in [1.54, 1.807) is 0 Å². The molecule has 1 saturated heterocycles. The van der Waals surface area contributed by atoms with Crippen LogP contribution in [0.3, 0.4) is 0 Å². The van der Waals surface area contributed by atoms with Crippen LogP contribution >= 0.6 is 15.6 Å². The van der Waals surface area contributed by atoms with Gasteiger partial charge in [-0.05, 0) is 0 Å². The van der Waals surface area contributed by atoms with E-state index in [0.29, 0.717) is 0 Å². The van der Waals surface area contributed by atoms with Gasteiger partial charge in [0.25, 0.3) is 0 Å². The minimum absolute atomic E-state index is 0.0856. The number of rotatable bonds is 6. The standard InChI is InChI=1S/C10H15N5O10P2/c11-8-5-9(13-2-12-8)15(3-14-5)10-7(17)6(16)4(24-10)1-23-27(21,22)25-26(18,19)20/h2-4,6-7,10,16-17H,1H2,(H,21,22)(H2,11,12,13)(H2,18,19,20)/t4-,6+,7-,10+/m0/s1. The Morgan fingerprint density at radius 2 is 1.89 bits per heavy atom. The first-order valence-corrected chi connectivity index (χ1v) is 10.2.